The molecule has 2 unspecified atom stereocenters. The summed E-state index contributed by atoms with van der Waals surface area (Å²) in [6.45, 7) is 1.82. The Hall–Kier alpha value is -1.44. The highest BCUT2D eigenvalue weighted by Gasteiger charge is 2.25. The molecule has 2 N–H and O–H groups in total. The van der Waals surface area contributed by atoms with Crippen molar-refractivity contribution in [2.75, 3.05) is 0 Å². The van der Waals surface area contributed by atoms with Gasteiger partial charge >= 0.3 is 0 Å². The highest BCUT2D eigenvalue weighted by atomic mass is 27.0. The molecule has 0 aliphatic carbocycles. The first-order chi connectivity index (χ1) is 9.01. The predicted molar refractivity (Wildman–Crippen MR) is 72.9 cm³/mol. The van der Waals surface area contributed by atoms with Crippen molar-refractivity contribution in [3.05, 3.63) is 35.4 Å². The van der Waals surface area contributed by atoms with Gasteiger partial charge in [0.1, 0.15) is 22.6 Å². The number of benzene rings is 1. The molecule has 0 spiro atoms. The van der Waals surface area contributed by atoms with Crippen molar-refractivity contribution in [3.8, 4) is 0 Å². The lowest BCUT2D eigenvalue weighted by Crippen LogP contribution is -2.28. The number of hydrogen-bond acceptors (Lipinski definition) is 3. The Balaban J connectivity index is 2.92. The lowest BCUT2D eigenvalue weighted by atomic mass is 9.88. The minimum Gasteiger partial charge on any atom is -0.369 e. The lowest BCUT2D eigenvalue weighted by molar-refractivity contribution is -0.121. The van der Waals surface area contributed by atoms with Crippen LogP contribution in [-0.4, -0.2) is 34.3 Å². The molecule has 2 atom stereocenters. The van der Waals surface area contributed by atoms with Crippen LogP contribution in [-0.2, 0) is 9.59 Å². The topological polar surface area (TPSA) is 77.2 Å². The van der Waals surface area contributed by atoms with E-state index in [0.29, 0.717) is 17.1 Å². The van der Waals surface area contributed by atoms with Gasteiger partial charge in [-0.2, -0.15) is 0 Å². The molecule has 1 amide bonds. The third-order valence-electron chi connectivity index (χ3n) is 3.14. The lowest BCUT2D eigenvalue weighted by Gasteiger charge is -2.16. The van der Waals surface area contributed by atoms with Crippen molar-refractivity contribution in [1.29, 1.82) is 0 Å². The molecule has 19 heavy (non-hydrogen) atoms. The summed E-state index contributed by atoms with van der Waals surface area (Å²) in [7, 11) is 0. The Bertz CT molecular complexity index is 487. The van der Waals surface area contributed by atoms with E-state index < -0.39 is 17.7 Å². The molecular formula is C14H16AlNO3. The number of carbonyl (C=O) groups is 3. The molecule has 0 aliphatic rings. The number of aldehydes is 1. The van der Waals surface area contributed by atoms with E-state index in [2.05, 4.69) is 16.3 Å². The molecule has 0 aliphatic heterocycles. The number of ketones is 1. The minimum absolute atomic E-state index is 0.162. The van der Waals surface area contributed by atoms with Gasteiger partial charge in [-0.25, -0.2) is 0 Å². The fourth-order valence-corrected chi connectivity index (χ4v) is 2.33. The van der Waals surface area contributed by atoms with Gasteiger partial charge in [-0.15, -0.1) is 5.28 Å². The van der Waals surface area contributed by atoms with Crippen molar-refractivity contribution in [2.45, 2.75) is 18.6 Å². The molecule has 5 heteroatoms. The fraction of sp³-hybridized carbons (Fsp3) is 0.357. The largest absolute Gasteiger partial charge is 0.369 e. The zero-order valence-corrected chi connectivity index (χ0v) is 12.0. The van der Waals surface area contributed by atoms with E-state index in [0.717, 1.165) is 5.56 Å². The molecular weight excluding hydrogens is 257 g/mol. The van der Waals surface area contributed by atoms with Crippen LogP contribution >= 0.6 is 0 Å². The van der Waals surface area contributed by atoms with E-state index in [1.54, 1.807) is 12.1 Å². The average molecular weight is 273 g/mol. The molecule has 0 saturated heterocycles. The van der Waals surface area contributed by atoms with Crippen molar-refractivity contribution >= 4 is 34.3 Å². The van der Waals surface area contributed by atoms with Gasteiger partial charge < -0.3 is 10.5 Å². The number of carbonyl (C=O) groups excluding carboxylic acids is 3. The molecule has 0 bridgehead atoms. The van der Waals surface area contributed by atoms with Crippen molar-refractivity contribution in [2.24, 2.45) is 17.6 Å². The van der Waals surface area contributed by atoms with E-state index in [1.807, 2.05) is 19.1 Å². The third-order valence-corrected chi connectivity index (χ3v) is 3.71. The molecule has 0 fully saturated rings. The second-order valence-corrected chi connectivity index (χ2v) is 4.96. The Morgan fingerprint density at radius 3 is 2.47 bits per heavy atom. The van der Waals surface area contributed by atoms with Gasteiger partial charge in [-0.3, -0.25) is 9.59 Å². The number of nitrogens with two attached hydrogens (primary N) is 1. The minimum atomic E-state index is -0.820. The summed E-state index contributed by atoms with van der Waals surface area (Å²) in [6, 6.07) is 7.09. The number of amides is 1. The standard InChI is InChI=1S/C14H16NO3.Al/c1-9-5-3-4-6-12(9)13(17)11(8-16)7-10(2)14(15)18;/h3-6,8,10-11H,2,7H2,1H3,(H2,15,18);. The molecule has 1 aromatic carbocycles. The maximum Gasteiger partial charge on any atom is 0.219 e. The van der Waals surface area contributed by atoms with Gasteiger partial charge in [0.05, 0.1) is 5.92 Å². The van der Waals surface area contributed by atoms with Crippen LogP contribution in [0.2, 0.25) is 5.28 Å². The molecule has 1 aromatic rings. The summed E-state index contributed by atoms with van der Waals surface area (Å²) in [5.41, 5.74) is 6.58. The van der Waals surface area contributed by atoms with Gasteiger partial charge in [-0.05, 0) is 18.9 Å². The number of aryl methyl sites for hydroxylation is 1. The normalized spacial score (nSPS) is 13.5. The zero-order valence-electron chi connectivity index (χ0n) is 10.8. The number of hydrogen-bond donors (Lipinski definition) is 1. The maximum absolute atomic E-state index is 12.3. The smallest absolute Gasteiger partial charge is 0.219 e. The van der Waals surface area contributed by atoms with Gasteiger partial charge in [0.15, 0.2) is 5.78 Å². The predicted octanol–water partition coefficient (Wildman–Crippen LogP) is 1.07. The molecule has 0 aromatic heterocycles. The molecule has 1 rings (SSSR count). The molecule has 2 radical (unpaired) electrons. The zero-order chi connectivity index (χ0) is 14.4. The Labute approximate surface area is 120 Å². The van der Waals surface area contributed by atoms with Crippen LogP contribution in [0, 0.1) is 18.8 Å². The highest BCUT2D eigenvalue weighted by molar-refractivity contribution is 6.11. The van der Waals surface area contributed by atoms with Crippen LogP contribution in [0.25, 0.3) is 0 Å². The van der Waals surface area contributed by atoms with E-state index in [1.165, 1.54) is 0 Å². The van der Waals surface area contributed by atoms with Gasteiger partial charge in [-0.1, -0.05) is 24.3 Å². The summed E-state index contributed by atoms with van der Waals surface area (Å²) in [6.07, 6.45) is 0.764. The quantitative estimate of drug-likeness (QED) is 0.349. The van der Waals surface area contributed by atoms with Crippen LogP contribution in [0.3, 0.4) is 0 Å². The summed E-state index contributed by atoms with van der Waals surface area (Å²) in [5, 5.41) is 0.445. The monoisotopic (exact) mass is 273 g/mol. The first-order valence-electron chi connectivity index (χ1n) is 6.05. The molecule has 4 nitrogen and oxygen atoms in total. The number of primary amides is 1. The van der Waals surface area contributed by atoms with Crippen LogP contribution in [0.1, 0.15) is 22.3 Å². The van der Waals surface area contributed by atoms with Crippen molar-refractivity contribution in [3.63, 3.8) is 0 Å². The van der Waals surface area contributed by atoms with Crippen molar-refractivity contribution in [1.82, 2.24) is 0 Å². The maximum atomic E-state index is 12.3. The third kappa shape index (κ3) is 4.02. The highest BCUT2D eigenvalue weighted by Crippen LogP contribution is 2.20. The van der Waals surface area contributed by atoms with Gasteiger partial charge in [0, 0.05) is 11.5 Å². The summed E-state index contributed by atoms with van der Waals surface area (Å²) >= 11 is 2.42. The SMILES string of the molecule is Cc1ccccc1C(=O)C(C=O)CC([CH2][Al])C(N)=O. The molecule has 98 valence electrons. The summed E-state index contributed by atoms with van der Waals surface area (Å²) in [5.74, 6) is -2.04. The Kier molecular flexibility index (Phi) is 5.94. The van der Waals surface area contributed by atoms with Crippen LogP contribution < -0.4 is 5.73 Å². The number of rotatable bonds is 7. The van der Waals surface area contributed by atoms with E-state index in [9.17, 15) is 14.4 Å². The second kappa shape index (κ2) is 7.23. The molecule has 0 heterocycles. The van der Waals surface area contributed by atoms with Gasteiger partial charge in [0.2, 0.25) is 5.91 Å². The molecule has 0 saturated carbocycles. The first kappa shape index (κ1) is 15.6. The number of Topliss-reactive ketones (excluding diaryl/α,β-unsaturated/α-hetero) is 1. The van der Waals surface area contributed by atoms with E-state index in [4.69, 9.17) is 5.73 Å². The first-order valence-corrected chi connectivity index (χ1v) is 6.87. The van der Waals surface area contributed by atoms with E-state index in [-0.39, 0.29) is 12.2 Å². The van der Waals surface area contributed by atoms with E-state index >= 15 is 0 Å². The Morgan fingerprint density at radius 1 is 1.37 bits per heavy atom. The van der Waals surface area contributed by atoms with Crippen molar-refractivity contribution < 1.29 is 14.4 Å². The van der Waals surface area contributed by atoms with Crippen LogP contribution in [0.15, 0.2) is 24.3 Å². The second-order valence-electron chi connectivity index (χ2n) is 4.49. The summed E-state index contributed by atoms with van der Waals surface area (Å²) < 4.78 is 0. The van der Waals surface area contributed by atoms with Crippen LogP contribution in [0.5, 0.6) is 0 Å². The van der Waals surface area contributed by atoms with Gasteiger partial charge in [0.25, 0.3) is 0 Å². The Morgan fingerprint density at radius 2 is 2.00 bits per heavy atom. The average Bonchev–Trinajstić information content (AvgIpc) is 2.39. The summed E-state index contributed by atoms with van der Waals surface area (Å²) in [4.78, 5) is 34.6. The fourth-order valence-electron chi connectivity index (χ4n) is 1.91. The van der Waals surface area contributed by atoms with Crippen LogP contribution in [0.4, 0.5) is 0 Å².